The number of aromatic carboxylic acids is 1. The molecule has 0 aromatic carbocycles. The van der Waals surface area contributed by atoms with Crippen molar-refractivity contribution in [2.24, 2.45) is 7.05 Å². The van der Waals surface area contributed by atoms with Crippen LogP contribution in [0.25, 0.3) is 11.1 Å². The van der Waals surface area contributed by atoms with Gasteiger partial charge in [-0.25, -0.2) is 4.79 Å². The zero-order valence-corrected chi connectivity index (χ0v) is 12.0. The first kappa shape index (κ1) is 13.9. The minimum Gasteiger partial charge on any atom is -0.478 e. The molecule has 6 heteroatoms. The number of nitrogens with zero attached hydrogens (tertiary/aromatic N) is 4. The molecule has 6 nitrogen and oxygen atoms in total. The Morgan fingerprint density at radius 2 is 2.00 bits per heavy atom. The molecule has 3 aromatic heterocycles. The van der Waals surface area contributed by atoms with Gasteiger partial charge in [-0.1, -0.05) is 6.07 Å². The van der Waals surface area contributed by atoms with E-state index in [1.165, 1.54) is 12.3 Å². The molecule has 0 bridgehead atoms. The largest absolute Gasteiger partial charge is 0.478 e. The van der Waals surface area contributed by atoms with Gasteiger partial charge in [-0.05, 0) is 17.7 Å². The van der Waals surface area contributed by atoms with Crippen LogP contribution in [0.15, 0.2) is 49.2 Å². The fraction of sp³-hybridized carbons (Fsp3) is 0.125. The van der Waals surface area contributed by atoms with Crippen LogP contribution in [0.1, 0.15) is 21.6 Å². The maximum atomic E-state index is 11.3. The van der Waals surface area contributed by atoms with Crippen LogP contribution in [-0.4, -0.2) is 30.8 Å². The van der Waals surface area contributed by atoms with Crippen LogP contribution in [0.2, 0.25) is 0 Å². The average molecular weight is 294 g/mol. The molecule has 0 aliphatic rings. The van der Waals surface area contributed by atoms with Gasteiger partial charge in [0.25, 0.3) is 0 Å². The molecule has 0 fully saturated rings. The number of carboxylic acids is 1. The molecule has 0 unspecified atom stereocenters. The van der Waals surface area contributed by atoms with Crippen LogP contribution < -0.4 is 0 Å². The summed E-state index contributed by atoms with van der Waals surface area (Å²) in [6.45, 7) is 0. The second-order valence-corrected chi connectivity index (χ2v) is 4.88. The van der Waals surface area contributed by atoms with Crippen LogP contribution in [-0.2, 0) is 13.5 Å². The summed E-state index contributed by atoms with van der Waals surface area (Å²) in [5.74, 6) is -0.956. The molecule has 1 N–H and O–H groups in total. The summed E-state index contributed by atoms with van der Waals surface area (Å²) < 4.78 is 1.75. The normalized spacial score (nSPS) is 10.6. The second kappa shape index (κ2) is 5.77. The van der Waals surface area contributed by atoms with E-state index >= 15 is 0 Å². The molecule has 0 atom stereocenters. The summed E-state index contributed by atoms with van der Waals surface area (Å²) in [5, 5.41) is 13.6. The maximum absolute atomic E-state index is 11.3. The molecule has 22 heavy (non-hydrogen) atoms. The van der Waals surface area contributed by atoms with E-state index in [1.807, 2.05) is 19.2 Å². The van der Waals surface area contributed by atoms with Crippen molar-refractivity contribution in [2.75, 3.05) is 0 Å². The number of rotatable bonds is 4. The summed E-state index contributed by atoms with van der Waals surface area (Å²) >= 11 is 0. The summed E-state index contributed by atoms with van der Waals surface area (Å²) in [6, 6.07) is 5.32. The van der Waals surface area contributed by atoms with Crippen molar-refractivity contribution in [3.63, 3.8) is 0 Å². The highest BCUT2D eigenvalue weighted by Crippen LogP contribution is 2.25. The monoisotopic (exact) mass is 294 g/mol. The van der Waals surface area contributed by atoms with Gasteiger partial charge in [0.2, 0.25) is 0 Å². The SMILES string of the molecule is Cn1ncc(-c2cccnc2)c1Cc1cnccc1C(=O)O. The van der Waals surface area contributed by atoms with Gasteiger partial charge >= 0.3 is 5.97 Å². The standard InChI is InChI=1S/C16H14N4O2/c1-20-15(7-12-9-18-6-4-13(12)16(21)22)14(10-19-20)11-3-2-5-17-8-11/h2-6,8-10H,7H2,1H3,(H,21,22). The third-order valence-corrected chi connectivity index (χ3v) is 3.53. The smallest absolute Gasteiger partial charge is 0.336 e. The molecule has 0 amide bonds. The number of pyridine rings is 2. The van der Waals surface area contributed by atoms with E-state index in [4.69, 9.17) is 0 Å². The lowest BCUT2D eigenvalue weighted by atomic mass is 10.0. The van der Waals surface area contributed by atoms with E-state index in [0.717, 1.165) is 16.8 Å². The number of aryl methyl sites for hydroxylation is 1. The lowest BCUT2D eigenvalue weighted by Crippen LogP contribution is -2.07. The fourth-order valence-electron chi connectivity index (χ4n) is 2.39. The van der Waals surface area contributed by atoms with Gasteiger partial charge < -0.3 is 5.11 Å². The van der Waals surface area contributed by atoms with Crippen LogP contribution in [0, 0.1) is 0 Å². The minimum absolute atomic E-state index is 0.258. The number of hydrogen-bond donors (Lipinski definition) is 1. The fourth-order valence-corrected chi connectivity index (χ4v) is 2.39. The van der Waals surface area contributed by atoms with E-state index < -0.39 is 5.97 Å². The lowest BCUT2D eigenvalue weighted by molar-refractivity contribution is 0.0695. The number of carboxylic acid groups (broad SMARTS) is 1. The Bertz CT molecular complexity index is 812. The van der Waals surface area contributed by atoms with Crippen molar-refractivity contribution in [3.8, 4) is 11.1 Å². The molecule has 0 aliphatic heterocycles. The van der Waals surface area contributed by atoms with Crippen molar-refractivity contribution in [2.45, 2.75) is 6.42 Å². The van der Waals surface area contributed by atoms with Crippen molar-refractivity contribution >= 4 is 5.97 Å². The Morgan fingerprint density at radius 3 is 2.73 bits per heavy atom. The first-order chi connectivity index (χ1) is 10.7. The van der Waals surface area contributed by atoms with Gasteiger partial charge in [0, 0.05) is 49.4 Å². The molecule has 3 rings (SSSR count). The second-order valence-electron chi connectivity index (χ2n) is 4.88. The molecule has 110 valence electrons. The lowest BCUT2D eigenvalue weighted by Gasteiger charge is -2.08. The molecule has 0 saturated carbocycles. The van der Waals surface area contributed by atoms with E-state index in [2.05, 4.69) is 15.1 Å². The predicted molar refractivity (Wildman–Crippen MR) is 80.4 cm³/mol. The number of carbonyl (C=O) groups is 1. The topological polar surface area (TPSA) is 80.9 Å². The molecule has 0 radical (unpaired) electrons. The highest BCUT2D eigenvalue weighted by atomic mass is 16.4. The van der Waals surface area contributed by atoms with Crippen LogP contribution in [0.4, 0.5) is 0 Å². The minimum atomic E-state index is -0.956. The Labute approximate surface area is 127 Å². The molecule has 0 aliphatic carbocycles. The Balaban J connectivity index is 2.04. The molecule has 3 heterocycles. The number of aromatic nitrogens is 4. The highest BCUT2D eigenvalue weighted by Gasteiger charge is 2.16. The Kier molecular flexibility index (Phi) is 3.65. The predicted octanol–water partition coefficient (Wildman–Crippen LogP) is 2.17. The zero-order valence-electron chi connectivity index (χ0n) is 12.0. The zero-order chi connectivity index (χ0) is 15.5. The third-order valence-electron chi connectivity index (χ3n) is 3.53. The summed E-state index contributed by atoms with van der Waals surface area (Å²) in [5.41, 5.74) is 3.72. The first-order valence-electron chi connectivity index (χ1n) is 6.74. The van der Waals surface area contributed by atoms with E-state index in [9.17, 15) is 9.90 Å². The molecule has 3 aromatic rings. The van der Waals surface area contributed by atoms with E-state index in [1.54, 1.807) is 29.5 Å². The average Bonchev–Trinajstić information content (AvgIpc) is 2.90. The van der Waals surface area contributed by atoms with E-state index in [0.29, 0.717) is 12.0 Å². The summed E-state index contributed by atoms with van der Waals surface area (Å²) in [4.78, 5) is 19.5. The molecular formula is C16H14N4O2. The Hall–Kier alpha value is -3.02. The van der Waals surface area contributed by atoms with E-state index in [-0.39, 0.29) is 5.56 Å². The van der Waals surface area contributed by atoms with Gasteiger partial charge in [-0.3, -0.25) is 14.6 Å². The summed E-state index contributed by atoms with van der Waals surface area (Å²) in [7, 11) is 1.84. The highest BCUT2D eigenvalue weighted by molar-refractivity contribution is 5.89. The summed E-state index contributed by atoms with van der Waals surface area (Å²) in [6.07, 6.45) is 8.76. The first-order valence-corrected chi connectivity index (χ1v) is 6.74. The van der Waals surface area contributed by atoms with Crippen molar-refractivity contribution in [1.82, 2.24) is 19.7 Å². The van der Waals surface area contributed by atoms with Crippen LogP contribution >= 0.6 is 0 Å². The van der Waals surface area contributed by atoms with Gasteiger partial charge in [-0.2, -0.15) is 5.10 Å². The number of hydrogen-bond acceptors (Lipinski definition) is 4. The van der Waals surface area contributed by atoms with Gasteiger partial charge in [-0.15, -0.1) is 0 Å². The van der Waals surface area contributed by atoms with Crippen LogP contribution in [0.5, 0.6) is 0 Å². The third kappa shape index (κ3) is 2.58. The van der Waals surface area contributed by atoms with Crippen molar-refractivity contribution < 1.29 is 9.90 Å². The quantitative estimate of drug-likeness (QED) is 0.797. The molecule has 0 spiro atoms. The van der Waals surface area contributed by atoms with Gasteiger partial charge in [0.15, 0.2) is 0 Å². The van der Waals surface area contributed by atoms with Crippen molar-refractivity contribution in [3.05, 3.63) is 66.0 Å². The van der Waals surface area contributed by atoms with Gasteiger partial charge in [0.05, 0.1) is 17.5 Å². The van der Waals surface area contributed by atoms with Crippen LogP contribution in [0.3, 0.4) is 0 Å². The van der Waals surface area contributed by atoms with Crippen molar-refractivity contribution in [1.29, 1.82) is 0 Å². The Morgan fingerprint density at radius 1 is 1.18 bits per heavy atom. The van der Waals surface area contributed by atoms with Gasteiger partial charge in [0.1, 0.15) is 0 Å². The molecular weight excluding hydrogens is 280 g/mol. The molecule has 0 saturated heterocycles. The maximum Gasteiger partial charge on any atom is 0.336 e.